The number of carbonyl (C=O) groups excluding carboxylic acids is 1. The minimum atomic E-state index is -2.62. The third kappa shape index (κ3) is 6.16. The van der Waals surface area contributed by atoms with Crippen molar-refractivity contribution in [2.75, 3.05) is 13.2 Å². The predicted octanol–water partition coefficient (Wildman–Crippen LogP) is 3.50. The molecule has 3 atom stereocenters. The molecule has 1 N–H and O–H groups in total. The van der Waals surface area contributed by atoms with E-state index in [1.165, 1.54) is 13.1 Å². The van der Waals surface area contributed by atoms with Gasteiger partial charge in [-0.15, -0.1) is 0 Å². The molecular weight excluding hydrogens is 434 g/mol. The van der Waals surface area contributed by atoms with Gasteiger partial charge >= 0.3 is 0 Å². The molecule has 0 spiro atoms. The van der Waals surface area contributed by atoms with Crippen LogP contribution in [-0.4, -0.2) is 58.3 Å². The number of pyridine rings is 1. The van der Waals surface area contributed by atoms with Crippen molar-refractivity contribution in [3.63, 3.8) is 0 Å². The van der Waals surface area contributed by atoms with E-state index in [0.717, 1.165) is 25.7 Å². The van der Waals surface area contributed by atoms with Gasteiger partial charge in [0.2, 0.25) is 11.8 Å². The van der Waals surface area contributed by atoms with Gasteiger partial charge in [-0.25, -0.2) is 13.8 Å². The van der Waals surface area contributed by atoms with Gasteiger partial charge in [0.15, 0.2) is 6.61 Å². The second kappa shape index (κ2) is 10.4. The molecule has 2 aromatic heterocycles. The van der Waals surface area contributed by atoms with Crippen LogP contribution in [0.4, 0.5) is 8.78 Å². The van der Waals surface area contributed by atoms with Gasteiger partial charge in [-0.05, 0) is 32.6 Å². The molecule has 1 aliphatic heterocycles. The van der Waals surface area contributed by atoms with E-state index in [2.05, 4.69) is 15.3 Å². The lowest BCUT2D eigenvalue weighted by molar-refractivity contribution is -0.119. The van der Waals surface area contributed by atoms with Crippen molar-refractivity contribution in [2.45, 2.75) is 64.2 Å². The number of ether oxygens (including phenoxy) is 3. The molecule has 3 heterocycles. The number of hydrogen-bond acceptors (Lipinski definition) is 6. The average Bonchev–Trinajstić information content (AvgIpc) is 3.02. The number of aromatic nitrogens is 3. The number of alkyl halides is 2. The Morgan fingerprint density at radius 3 is 2.87 bits per heavy atom. The molecule has 31 heavy (non-hydrogen) atoms. The summed E-state index contributed by atoms with van der Waals surface area (Å²) in [4.78, 5) is 19.5. The zero-order valence-corrected chi connectivity index (χ0v) is 18.5. The molecule has 1 aliphatic rings. The van der Waals surface area contributed by atoms with E-state index >= 15 is 0 Å². The summed E-state index contributed by atoms with van der Waals surface area (Å²) in [7, 11) is 1.73. The zero-order chi connectivity index (χ0) is 22.5. The van der Waals surface area contributed by atoms with E-state index in [-0.39, 0.29) is 35.1 Å². The first-order chi connectivity index (χ1) is 14.7. The van der Waals surface area contributed by atoms with E-state index in [1.807, 2.05) is 6.92 Å². The summed E-state index contributed by atoms with van der Waals surface area (Å²) >= 11 is 6.30. The lowest BCUT2D eigenvalue weighted by atomic mass is 10.0. The number of amides is 1. The molecule has 1 amide bonds. The number of nitrogens with one attached hydrogen (secondary N) is 1. The molecule has 0 radical (unpaired) electrons. The lowest BCUT2D eigenvalue weighted by Gasteiger charge is -2.29. The second-order valence-electron chi connectivity index (χ2n) is 7.72. The highest BCUT2D eigenvalue weighted by Crippen LogP contribution is 2.33. The predicted molar refractivity (Wildman–Crippen MR) is 111 cm³/mol. The molecule has 0 saturated carbocycles. The van der Waals surface area contributed by atoms with E-state index < -0.39 is 13.0 Å². The highest BCUT2D eigenvalue weighted by Gasteiger charge is 2.26. The van der Waals surface area contributed by atoms with Gasteiger partial charge < -0.3 is 19.5 Å². The molecular formula is C20H27ClF2N4O4. The lowest BCUT2D eigenvalue weighted by Crippen LogP contribution is -2.36. The first kappa shape index (κ1) is 23.5. The Labute approximate surface area is 184 Å². The summed E-state index contributed by atoms with van der Waals surface area (Å²) in [5, 5.41) is 2.98. The van der Waals surface area contributed by atoms with E-state index in [4.69, 9.17) is 25.8 Å². The van der Waals surface area contributed by atoms with Crippen LogP contribution in [0, 0.1) is 0 Å². The Hall–Kier alpha value is -2.20. The Bertz CT molecular complexity index is 903. The Balaban J connectivity index is 1.57. The summed E-state index contributed by atoms with van der Waals surface area (Å²) in [5.74, 6) is -0.0997. The van der Waals surface area contributed by atoms with Crippen LogP contribution in [0.25, 0.3) is 11.0 Å². The van der Waals surface area contributed by atoms with Crippen molar-refractivity contribution in [3.8, 4) is 11.9 Å². The third-order valence-corrected chi connectivity index (χ3v) is 5.44. The fourth-order valence-corrected chi connectivity index (χ4v) is 3.91. The summed E-state index contributed by atoms with van der Waals surface area (Å²) in [6, 6.07) is 0.457. The smallest absolute Gasteiger partial charge is 0.297 e. The number of aryl methyl sites for hydroxylation is 1. The number of rotatable bonds is 9. The maximum atomic E-state index is 12.4. The number of halogens is 3. The van der Waals surface area contributed by atoms with Gasteiger partial charge in [-0.2, -0.15) is 4.98 Å². The molecule has 1 unspecified atom stereocenters. The van der Waals surface area contributed by atoms with Gasteiger partial charge in [0.25, 0.3) is 12.4 Å². The van der Waals surface area contributed by atoms with Crippen LogP contribution < -0.4 is 14.8 Å². The summed E-state index contributed by atoms with van der Waals surface area (Å²) in [6.45, 7) is 3.13. The first-order valence-corrected chi connectivity index (χ1v) is 10.6. The molecule has 0 bridgehead atoms. The third-order valence-electron chi connectivity index (χ3n) is 5.10. The van der Waals surface area contributed by atoms with Gasteiger partial charge in [-0.3, -0.25) is 9.36 Å². The van der Waals surface area contributed by atoms with Crippen molar-refractivity contribution < 1.29 is 27.8 Å². The number of imidazole rings is 1. The molecule has 11 heteroatoms. The zero-order valence-electron chi connectivity index (χ0n) is 17.7. The van der Waals surface area contributed by atoms with Crippen LogP contribution in [0.2, 0.25) is 5.02 Å². The number of fused-ring (bicyclic) bond motifs is 1. The number of carbonyl (C=O) groups is 1. The Morgan fingerprint density at radius 2 is 2.23 bits per heavy atom. The van der Waals surface area contributed by atoms with Crippen molar-refractivity contribution in [2.24, 2.45) is 7.05 Å². The fourth-order valence-electron chi connectivity index (χ4n) is 3.58. The van der Waals surface area contributed by atoms with Gasteiger partial charge in [0.1, 0.15) is 16.6 Å². The largest absolute Gasteiger partial charge is 0.470 e. The van der Waals surface area contributed by atoms with Crippen LogP contribution in [-0.2, 0) is 16.6 Å². The number of nitrogens with zero attached hydrogens (tertiary/aromatic N) is 3. The normalized spacial score (nSPS) is 20.1. The Morgan fingerprint density at radius 1 is 1.45 bits per heavy atom. The van der Waals surface area contributed by atoms with Crippen molar-refractivity contribution in [1.29, 1.82) is 0 Å². The minimum absolute atomic E-state index is 0.0315. The highest BCUT2D eigenvalue weighted by atomic mass is 35.5. The standard InChI is InChI=1S/C20H27ClF2N4O4/c1-11(25-12(2)28)4-5-13-6-7-14(9-29-13)31-20-26-15-8-24-19(30-10-16(22)23)17(21)18(15)27(20)3/h8,11,13-14,16H,4-7,9-10H2,1-3H3,(H,25,28)/t11-,13?,14-/m0/s1. The fraction of sp³-hybridized carbons (Fsp3) is 0.650. The maximum absolute atomic E-state index is 12.4. The average molecular weight is 461 g/mol. The van der Waals surface area contributed by atoms with Crippen molar-refractivity contribution in [3.05, 3.63) is 11.2 Å². The molecule has 1 saturated heterocycles. The van der Waals surface area contributed by atoms with E-state index in [9.17, 15) is 13.6 Å². The van der Waals surface area contributed by atoms with Gasteiger partial charge in [0, 0.05) is 20.0 Å². The summed E-state index contributed by atoms with van der Waals surface area (Å²) in [6.07, 6.45) is 2.11. The van der Waals surface area contributed by atoms with Gasteiger partial charge in [-0.1, -0.05) is 11.6 Å². The van der Waals surface area contributed by atoms with Crippen LogP contribution >= 0.6 is 11.6 Å². The van der Waals surface area contributed by atoms with Crippen LogP contribution in [0.1, 0.15) is 39.5 Å². The molecule has 8 nitrogen and oxygen atoms in total. The molecule has 3 rings (SSSR count). The summed E-state index contributed by atoms with van der Waals surface area (Å²) < 4.78 is 43.4. The highest BCUT2D eigenvalue weighted by molar-refractivity contribution is 6.36. The Kier molecular flexibility index (Phi) is 7.88. The topological polar surface area (TPSA) is 87.5 Å². The quantitative estimate of drug-likeness (QED) is 0.616. The SMILES string of the molecule is CC(=O)N[C@@H](C)CCC1CC[C@H](Oc2nc3cnc(OCC(F)F)c(Cl)c3n2C)CO1. The van der Waals surface area contributed by atoms with Gasteiger partial charge in [0.05, 0.1) is 24.4 Å². The molecule has 2 aromatic rings. The molecule has 0 aliphatic carbocycles. The van der Waals surface area contributed by atoms with Crippen molar-refractivity contribution in [1.82, 2.24) is 19.9 Å². The van der Waals surface area contributed by atoms with Crippen LogP contribution in [0.3, 0.4) is 0 Å². The molecule has 1 fully saturated rings. The summed E-state index contributed by atoms with van der Waals surface area (Å²) in [5.41, 5.74) is 0.978. The monoisotopic (exact) mass is 460 g/mol. The second-order valence-corrected chi connectivity index (χ2v) is 8.10. The number of hydrogen-bond donors (Lipinski definition) is 1. The van der Waals surface area contributed by atoms with E-state index in [0.29, 0.717) is 23.7 Å². The van der Waals surface area contributed by atoms with Crippen LogP contribution in [0.5, 0.6) is 11.9 Å². The minimum Gasteiger partial charge on any atom is -0.470 e. The van der Waals surface area contributed by atoms with Crippen molar-refractivity contribution >= 4 is 28.5 Å². The molecule has 0 aromatic carbocycles. The van der Waals surface area contributed by atoms with E-state index in [1.54, 1.807) is 11.6 Å². The first-order valence-electron chi connectivity index (χ1n) is 10.2. The maximum Gasteiger partial charge on any atom is 0.297 e. The molecule has 172 valence electrons. The van der Waals surface area contributed by atoms with Crippen LogP contribution in [0.15, 0.2) is 6.20 Å².